The third kappa shape index (κ3) is 2.78. The number of hydrogen-bond donors (Lipinski definition) is 0. The molecule has 2 fully saturated rings. The van der Waals surface area contributed by atoms with Crippen LogP contribution in [0.3, 0.4) is 0 Å². The molecular weight excluding hydrogens is 276 g/mol. The van der Waals surface area contributed by atoms with E-state index < -0.39 is 0 Å². The molecule has 1 aliphatic carbocycles. The van der Waals surface area contributed by atoms with Gasteiger partial charge in [-0.15, -0.1) is 5.10 Å². The van der Waals surface area contributed by atoms with Gasteiger partial charge in [0.1, 0.15) is 6.33 Å². The van der Waals surface area contributed by atoms with E-state index in [1.165, 1.54) is 12.8 Å². The molecule has 2 aliphatic rings. The molecule has 2 aromatic heterocycles. The smallest absolute Gasteiger partial charge is 0.151 e. The Bertz CT molecular complexity index is 619. The zero-order chi connectivity index (χ0) is 14.9. The van der Waals surface area contributed by atoms with Gasteiger partial charge in [-0.05, 0) is 32.0 Å². The first kappa shape index (κ1) is 13.6. The average Bonchev–Trinajstić information content (AvgIpc) is 3.32. The van der Waals surface area contributed by atoms with Gasteiger partial charge < -0.3 is 4.90 Å². The van der Waals surface area contributed by atoms with Crippen molar-refractivity contribution in [2.75, 3.05) is 25.0 Å². The zero-order valence-electron chi connectivity index (χ0n) is 12.8. The van der Waals surface area contributed by atoms with Gasteiger partial charge in [0, 0.05) is 49.6 Å². The topological polar surface area (TPSA) is 58.0 Å². The second-order valence-corrected chi connectivity index (χ2v) is 6.31. The van der Waals surface area contributed by atoms with Crippen LogP contribution >= 0.6 is 0 Å². The lowest BCUT2D eigenvalue weighted by atomic mass is 10.1. The molecule has 4 rings (SSSR count). The van der Waals surface area contributed by atoms with E-state index in [9.17, 15) is 0 Å². The van der Waals surface area contributed by atoms with Crippen LogP contribution in [0.5, 0.6) is 0 Å². The Kier molecular flexibility index (Phi) is 3.46. The van der Waals surface area contributed by atoms with Crippen LogP contribution in [0.1, 0.15) is 30.0 Å². The summed E-state index contributed by atoms with van der Waals surface area (Å²) in [5, 5.41) is 8.74. The minimum atomic E-state index is 0.546. The number of hydrogen-bond acceptors (Lipinski definition) is 6. The number of nitrogens with zero attached hydrogens (tertiary/aromatic N) is 6. The van der Waals surface area contributed by atoms with Gasteiger partial charge in [-0.3, -0.25) is 4.90 Å². The van der Waals surface area contributed by atoms with Crippen molar-refractivity contribution in [2.45, 2.75) is 31.3 Å². The molecule has 0 spiro atoms. The minimum absolute atomic E-state index is 0.546. The van der Waals surface area contributed by atoms with Crippen molar-refractivity contribution >= 4 is 5.82 Å². The molecule has 0 radical (unpaired) electrons. The average molecular weight is 296 g/mol. The van der Waals surface area contributed by atoms with Crippen LogP contribution in [0.25, 0.3) is 0 Å². The minimum Gasteiger partial charge on any atom is -0.352 e. The van der Waals surface area contributed by atoms with Crippen molar-refractivity contribution in [1.29, 1.82) is 0 Å². The summed E-state index contributed by atoms with van der Waals surface area (Å²) in [6.45, 7) is 2.88. The molecule has 0 amide bonds. The lowest BCUT2D eigenvalue weighted by molar-refractivity contribution is 0.196. The highest BCUT2D eigenvalue weighted by atomic mass is 15.4. The summed E-state index contributed by atoms with van der Waals surface area (Å²) in [4.78, 5) is 12.8. The van der Waals surface area contributed by atoms with Gasteiger partial charge in [-0.2, -0.15) is 5.10 Å². The Morgan fingerprint density at radius 2 is 1.91 bits per heavy atom. The van der Waals surface area contributed by atoms with E-state index in [1.54, 1.807) is 6.33 Å². The predicted molar refractivity (Wildman–Crippen MR) is 83.5 cm³/mol. The summed E-state index contributed by atoms with van der Waals surface area (Å²) in [6.07, 6.45) is 7.87. The maximum absolute atomic E-state index is 4.38. The summed E-state index contributed by atoms with van der Waals surface area (Å²) in [5.74, 6) is 1.67. The molecule has 6 nitrogen and oxygen atoms in total. The molecule has 0 bridgehead atoms. The fourth-order valence-electron chi connectivity index (χ4n) is 2.85. The zero-order valence-corrected chi connectivity index (χ0v) is 12.8. The van der Waals surface area contributed by atoms with Crippen LogP contribution in [-0.2, 0) is 6.54 Å². The van der Waals surface area contributed by atoms with E-state index >= 15 is 0 Å². The highest BCUT2D eigenvalue weighted by Crippen LogP contribution is 2.38. The first-order valence-corrected chi connectivity index (χ1v) is 7.82. The summed E-state index contributed by atoms with van der Waals surface area (Å²) < 4.78 is 0. The Morgan fingerprint density at radius 3 is 2.55 bits per heavy atom. The maximum Gasteiger partial charge on any atom is 0.151 e. The van der Waals surface area contributed by atoms with E-state index in [0.717, 1.165) is 36.7 Å². The maximum atomic E-state index is 4.38. The fourth-order valence-corrected chi connectivity index (χ4v) is 2.85. The van der Waals surface area contributed by atoms with E-state index in [2.05, 4.69) is 49.1 Å². The van der Waals surface area contributed by atoms with E-state index in [0.29, 0.717) is 12.0 Å². The van der Waals surface area contributed by atoms with Crippen molar-refractivity contribution in [3.63, 3.8) is 0 Å². The van der Waals surface area contributed by atoms with Gasteiger partial charge in [0.05, 0.1) is 5.69 Å². The SMILES string of the molecule is CN(Cc1cncnc1)C1CN(c2ccc(C3CC3)nn2)C1. The second-order valence-electron chi connectivity index (χ2n) is 6.31. The molecule has 0 aromatic carbocycles. The van der Waals surface area contributed by atoms with Gasteiger partial charge in [0.15, 0.2) is 5.82 Å². The third-order valence-corrected chi connectivity index (χ3v) is 4.52. The van der Waals surface area contributed by atoms with Gasteiger partial charge in [0.25, 0.3) is 0 Å². The summed E-state index contributed by atoms with van der Waals surface area (Å²) in [6, 6.07) is 4.80. The van der Waals surface area contributed by atoms with Crippen LogP contribution in [0.15, 0.2) is 30.9 Å². The highest BCUT2D eigenvalue weighted by molar-refractivity contribution is 5.42. The van der Waals surface area contributed by atoms with Gasteiger partial charge in [-0.1, -0.05) is 0 Å². The molecule has 0 N–H and O–H groups in total. The first-order valence-electron chi connectivity index (χ1n) is 7.82. The highest BCUT2D eigenvalue weighted by Gasteiger charge is 2.31. The van der Waals surface area contributed by atoms with Gasteiger partial charge in [-0.25, -0.2) is 9.97 Å². The molecule has 1 aliphatic heterocycles. The molecule has 0 unspecified atom stereocenters. The molecule has 0 atom stereocenters. The summed E-state index contributed by atoms with van der Waals surface area (Å²) in [5.41, 5.74) is 2.30. The van der Waals surface area contributed by atoms with Crippen molar-refractivity contribution in [2.24, 2.45) is 0 Å². The largest absolute Gasteiger partial charge is 0.352 e. The van der Waals surface area contributed by atoms with Crippen molar-refractivity contribution in [1.82, 2.24) is 25.1 Å². The molecule has 3 heterocycles. The van der Waals surface area contributed by atoms with Crippen molar-refractivity contribution in [3.05, 3.63) is 42.1 Å². The van der Waals surface area contributed by atoms with Crippen molar-refractivity contribution in [3.8, 4) is 0 Å². The van der Waals surface area contributed by atoms with Crippen LogP contribution in [-0.4, -0.2) is 51.2 Å². The normalized spacial score (nSPS) is 18.5. The lowest BCUT2D eigenvalue weighted by Crippen LogP contribution is -2.58. The van der Waals surface area contributed by atoms with Crippen LogP contribution < -0.4 is 4.90 Å². The summed E-state index contributed by atoms with van der Waals surface area (Å²) >= 11 is 0. The third-order valence-electron chi connectivity index (χ3n) is 4.52. The van der Waals surface area contributed by atoms with Gasteiger partial charge >= 0.3 is 0 Å². The molecule has 6 heteroatoms. The van der Waals surface area contributed by atoms with Crippen LogP contribution in [0, 0.1) is 0 Å². The molecule has 1 saturated heterocycles. The number of aromatic nitrogens is 4. The fraction of sp³-hybridized carbons (Fsp3) is 0.500. The number of rotatable bonds is 5. The second kappa shape index (κ2) is 5.61. The Balaban J connectivity index is 1.31. The van der Waals surface area contributed by atoms with Gasteiger partial charge in [0.2, 0.25) is 0 Å². The summed E-state index contributed by atoms with van der Waals surface area (Å²) in [7, 11) is 2.15. The molecule has 1 saturated carbocycles. The van der Waals surface area contributed by atoms with Crippen LogP contribution in [0.2, 0.25) is 0 Å². The van der Waals surface area contributed by atoms with E-state index in [-0.39, 0.29) is 0 Å². The Morgan fingerprint density at radius 1 is 1.14 bits per heavy atom. The molecule has 22 heavy (non-hydrogen) atoms. The molecule has 2 aromatic rings. The Hall–Kier alpha value is -2.08. The van der Waals surface area contributed by atoms with E-state index in [1.807, 2.05) is 12.4 Å². The first-order chi connectivity index (χ1) is 10.8. The van der Waals surface area contributed by atoms with Crippen molar-refractivity contribution < 1.29 is 0 Å². The van der Waals surface area contributed by atoms with Crippen LogP contribution in [0.4, 0.5) is 5.82 Å². The monoisotopic (exact) mass is 296 g/mol. The quantitative estimate of drug-likeness (QED) is 0.832. The number of likely N-dealkylation sites (N-methyl/N-ethyl adjacent to an activating group) is 1. The van der Waals surface area contributed by atoms with E-state index in [4.69, 9.17) is 0 Å². The Labute approximate surface area is 130 Å². The lowest BCUT2D eigenvalue weighted by Gasteiger charge is -2.44. The number of anilines is 1. The predicted octanol–water partition coefficient (Wildman–Crippen LogP) is 1.46. The standard InChI is InChI=1S/C16H20N6/c1-21(8-12-6-17-11-18-7-12)14-9-22(10-14)16-5-4-15(19-20-16)13-2-3-13/h4-7,11,13-14H,2-3,8-10H2,1H3. The molecular formula is C16H20N6. The molecule has 114 valence electrons.